The topological polar surface area (TPSA) is 47.3 Å². The zero-order valence-electron chi connectivity index (χ0n) is 8.87. The number of hydrogen-bond donors (Lipinski definition) is 2. The average Bonchev–Trinajstić information content (AvgIpc) is 2.86. The van der Waals surface area contributed by atoms with Crippen LogP contribution in [-0.2, 0) is 4.74 Å². The van der Waals surface area contributed by atoms with Crippen LogP contribution in [0.2, 0.25) is 0 Å². The van der Waals surface area contributed by atoms with Gasteiger partial charge in [-0.25, -0.2) is 0 Å². The van der Waals surface area contributed by atoms with Crippen molar-refractivity contribution in [2.75, 3.05) is 19.7 Å². The Kier molecular flexibility index (Phi) is 3.79. The fourth-order valence-electron chi connectivity index (χ4n) is 2.17. The van der Waals surface area contributed by atoms with Crippen molar-refractivity contribution in [1.29, 1.82) is 0 Å². The zero-order valence-corrected chi connectivity index (χ0v) is 8.87. The van der Waals surface area contributed by atoms with Crippen molar-refractivity contribution in [3.63, 3.8) is 0 Å². The molecular formula is C11H22N2O. The summed E-state index contributed by atoms with van der Waals surface area (Å²) < 4.78 is 5.64. The molecule has 1 aliphatic carbocycles. The molecule has 1 heterocycles. The van der Waals surface area contributed by atoms with Crippen molar-refractivity contribution in [2.45, 2.75) is 44.2 Å². The quantitative estimate of drug-likeness (QED) is 0.666. The van der Waals surface area contributed by atoms with Gasteiger partial charge in [0.2, 0.25) is 0 Å². The fraction of sp³-hybridized carbons (Fsp3) is 1.00. The third-order valence-corrected chi connectivity index (χ3v) is 3.32. The minimum absolute atomic E-state index is 0.374. The van der Waals surface area contributed by atoms with Crippen LogP contribution in [0.1, 0.15) is 32.1 Å². The van der Waals surface area contributed by atoms with Crippen LogP contribution >= 0.6 is 0 Å². The molecule has 2 unspecified atom stereocenters. The number of ether oxygens (including phenoxy) is 1. The highest BCUT2D eigenvalue weighted by atomic mass is 16.5. The van der Waals surface area contributed by atoms with E-state index in [9.17, 15) is 0 Å². The molecule has 3 N–H and O–H groups in total. The highest BCUT2D eigenvalue weighted by Crippen LogP contribution is 2.31. The van der Waals surface area contributed by atoms with E-state index in [4.69, 9.17) is 10.5 Å². The fourth-order valence-corrected chi connectivity index (χ4v) is 2.17. The van der Waals surface area contributed by atoms with Gasteiger partial charge in [-0.15, -0.1) is 0 Å². The van der Waals surface area contributed by atoms with Crippen LogP contribution in [0.4, 0.5) is 0 Å². The standard InChI is InChI=1S/C11H22N2O/c12-8-10(11-2-1-7-14-11)13-6-5-9-3-4-9/h9-11,13H,1-8,12H2. The molecule has 0 radical (unpaired) electrons. The third-order valence-electron chi connectivity index (χ3n) is 3.32. The summed E-state index contributed by atoms with van der Waals surface area (Å²) in [6.45, 7) is 2.74. The number of nitrogens with one attached hydrogen (secondary N) is 1. The van der Waals surface area contributed by atoms with Crippen molar-refractivity contribution in [1.82, 2.24) is 5.32 Å². The Bertz CT molecular complexity index is 165. The van der Waals surface area contributed by atoms with Gasteiger partial charge in [-0.05, 0) is 31.7 Å². The Morgan fingerprint density at radius 2 is 2.21 bits per heavy atom. The molecule has 1 saturated heterocycles. The first kappa shape index (κ1) is 10.4. The maximum atomic E-state index is 5.74. The van der Waals surface area contributed by atoms with Gasteiger partial charge in [0.1, 0.15) is 0 Å². The second kappa shape index (κ2) is 5.10. The maximum Gasteiger partial charge on any atom is 0.0741 e. The minimum atomic E-state index is 0.374. The van der Waals surface area contributed by atoms with E-state index in [1.165, 1.54) is 32.1 Å². The van der Waals surface area contributed by atoms with Crippen LogP contribution in [0.15, 0.2) is 0 Å². The second-order valence-corrected chi connectivity index (χ2v) is 4.58. The first-order valence-corrected chi connectivity index (χ1v) is 5.95. The Labute approximate surface area is 86.4 Å². The molecule has 1 aliphatic heterocycles. The van der Waals surface area contributed by atoms with E-state index in [1.54, 1.807) is 0 Å². The average molecular weight is 198 g/mol. The minimum Gasteiger partial charge on any atom is -0.377 e. The van der Waals surface area contributed by atoms with Crippen molar-refractivity contribution in [3.05, 3.63) is 0 Å². The zero-order chi connectivity index (χ0) is 9.80. The molecule has 0 aromatic heterocycles. The largest absolute Gasteiger partial charge is 0.377 e. The molecule has 0 aromatic rings. The van der Waals surface area contributed by atoms with Crippen LogP contribution in [0.25, 0.3) is 0 Å². The molecule has 2 atom stereocenters. The van der Waals surface area contributed by atoms with Gasteiger partial charge >= 0.3 is 0 Å². The van der Waals surface area contributed by atoms with Crippen LogP contribution in [-0.4, -0.2) is 31.8 Å². The number of rotatable bonds is 6. The van der Waals surface area contributed by atoms with Gasteiger partial charge < -0.3 is 15.8 Å². The Hall–Kier alpha value is -0.120. The summed E-state index contributed by atoms with van der Waals surface area (Å²) in [6, 6.07) is 0.385. The molecule has 0 spiro atoms. The lowest BCUT2D eigenvalue weighted by Gasteiger charge is -2.22. The summed E-state index contributed by atoms with van der Waals surface area (Å²) >= 11 is 0. The molecule has 0 bridgehead atoms. The van der Waals surface area contributed by atoms with Crippen molar-refractivity contribution in [3.8, 4) is 0 Å². The van der Waals surface area contributed by atoms with E-state index in [0.29, 0.717) is 18.7 Å². The maximum absolute atomic E-state index is 5.74. The van der Waals surface area contributed by atoms with Gasteiger partial charge in [0.05, 0.1) is 6.10 Å². The van der Waals surface area contributed by atoms with Crippen LogP contribution in [0, 0.1) is 5.92 Å². The molecule has 0 amide bonds. The van der Waals surface area contributed by atoms with Crippen LogP contribution < -0.4 is 11.1 Å². The lowest BCUT2D eigenvalue weighted by Crippen LogP contribution is -2.45. The van der Waals surface area contributed by atoms with Crippen molar-refractivity contribution >= 4 is 0 Å². The van der Waals surface area contributed by atoms with Crippen LogP contribution in [0.5, 0.6) is 0 Å². The van der Waals surface area contributed by atoms with E-state index >= 15 is 0 Å². The Morgan fingerprint density at radius 1 is 1.36 bits per heavy atom. The third kappa shape index (κ3) is 2.94. The first-order valence-electron chi connectivity index (χ1n) is 5.95. The van der Waals surface area contributed by atoms with Gasteiger partial charge in [-0.2, -0.15) is 0 Å². The second-order valence-electron chi connectivity index (χ2n) is 4.58. The number of hydrogen-bond acceptors (Lipinski definition) is 3. The summed E-state index contributed by atoms with van der Waals surface area (Å²) in [7, 11) is 0. The summed E-state index contributed by atoms with van der Waals surface area (Å²) in [6.07, 6.45) is 6.95. The predicted molar refractivity (Wildman–Crippen MR) is 57.2 cm³/mol. The van der Waals surface area contributed by atoms with Gasteiger partial charge in [0, 0.05) is 19.2 Å². The monoisotopic (exact) mass is 198 g/mol. The van der Waals surface area contributed by atoms with E-state index in [1.807, 2.05) is 0 Å². The summed E-state index contributed by atoms with van der Waals surface area (Å²) in [5.74, 6) is 1.01. The van der Waals surface area contributed by atoms with Gasteiger partial charge in [-0.1, -0.05) is 12.8 Å². The molecule has 82 valence electrons. The summed E-state index contributed by atoms with van der Waals surface area (Å²) in [5.41, 5.74) is 5.74. The van der Waals surface area contributed by atoms with E-state index in [-0.39, 0.29) is 0 Å². The van der Waals surface area contributed by atoms with Gasteiger partial charge in [0.15, 0.2) is 0 Å². The molecule has 2 fully saturated rings. The summed E-state index contributed by atoms with van der Waals surface area (Å²) in [5, 5.41) is 3.53. The first-order chi connectivity index (χ1) is 6.90. The van der Waals surface area contributed by atoms with E-state index < -0.39 is 0 Å². The normalized spacial score (nSPS) is 29.4. The molecule has 14 heavy (non-hydrogen) atoms. The Morgan fingerprint density at radius 3 is 2.79 bits per heavy atom. The lowest BCUT2D eigenvalue weighted by atomic mass is 10.1. The Balaban J connectivity index is 1.63. The molecule has 2 aliphatic rings. The molecular weight excluding hydrogens is 176 g/mol. The van der Waals surface area contributed by atoms with Crippen molar-refractivity contribution in [2.24, 2.45) is 11.7 Å². The number of nitrogens with two attached hydrogens (primary N) is 1. The molecule has 3 heteroatoms. The van der Waals surface area contributed by atoms with E-state index in [2.05, 4.69) is 5.32 Å². The molecule has 0 aromatic carbocycles. The molecule has 3 nitrogen and oxygen atoms in total. The van der Waals surface area contributed by atoms with Crippen molar-refractivity contribution < 1.29 is 4.74 Å². The molecule has 1 saturated carbocycles. The molecule has 2 rings (SSSR count). The SMILES string of the molecule is NCC(NCCC1CC1)C1CCCO1. The van der Waals surface area contributed by atoms with E-state index in [0.717, 1.165) is 19.1 Å². The van der Waals surface area contributed by atoms with Gasteiger partial charge in [-0.3, -0.25) is 0 Å². The smallest absolute Gasteiger partial charge is 0.0741 e. The van der Waals surface area contributed by atoms with Crippen LogP contribution in [0.3, 0.4) is 0 Å². The van der Waals surface area contributed by atoms with Gasteiger partial charge in [0.25, 0.3) is 0 Å². The highest BCUT2D eigenvalue weighted by Gasteiger charge is 2.25. The predicted octanol–water partition coefficient (Wildman–Crippen LogP) is 0.882. The highest BCUT2D eigenvalue weighted by molar-refractivity contribution is 4.82. The summed E-state index contributed by atoms with van der Waals surface area (Å²) in [4.78, 5) is 0. The lowest BCUT2D eigenvalue weighted by molar-refractivity contribution is 0.0806.